The van der Waals surface area contributed by atoms with Gasteiger partial charge in [0.05, 0.1) is 22.5 Å². The minimum Gasteiger partial charge on any atom is -0.477 e. The molecule has 13 heteroatoms. The molecule has 1 aliphatic heterocycles. The molecule has 1 aromatic carbocycles. The third-order valence-electron chi connectivity index (χ3n) is 4.42. The standard InChI is InChI=1S/C18H14Cl2N2O5S4/c19-10-2-3-13-11(6-10)21(4-1-5-31(25,26)27)15(28-13)8-16-22(9-17(23)24)12-7-14(20)29-18(12)30-16/h2-3,6-8H,1,4-5,9H2,(H-,23,24,25,26,27)/p+1. The van der Waals surface area contributed by atoms with E-state index in [2.05, 4.69) is 0 Å². The van der Waals surface area contributed by atoms with Crippen LogP contribution in [0.4, 0.5) is 5.69 Å². The lowest BCUT2D eigenvalue weighted by atomic mass is 10.2. The predicted molar refractivity (Wildman–Crippen MR) is 126 cm³/mol. The molecule has 0 saturated heterocycles. The molecule has 0 bridgehead atoms. The molecule has 164 valence electrons. The van der Waals surface area contributed by atoms with E-state index in [0.29, 0.717) is 15.9 Å². The number of aliphatic carboxylic acids is 1. The number of thiophene rings is 1. The zero-order valence-electron chi connectivity index (χ0n) is 15.6. The second-order valence-corrected chi connectivity index (χ2v) is 12.7. The van der Waals surface area contributed by atoms with Gasteiger partial charge in [0.25, 0.3) is 15.1 Å². The number of anilines is 1. The Morgan fingerprint density at radius 3 is 2.71 bits per heavy atom. The number of fused-ring (bicyclic) bond motifs is 2. The highest BCUT2D eigenvalue weighted by Crippen LogP contribution is 2.48. The summed E-state index contributed by atoms with van der Waals surface area (Å²) in [6, 6.07) is 7.22. The van der Waals surface area contributed by atoms with Gasteiger partial charge in [-0.25, -0.2) is 4.79 Å². The predicted octanol–water partition coefficient (Wildman–Crippen LogP) is 4.83. The molecule has 4 rings (SSSR count). The molecule has 3 aromatic rings. The van der Waals surface area contributed by atoms with Crippen LogP contribution in [0.15, 0.2) is 34.2 Å². The van der Waals surface area contributed by atoms with Gasteiger partial charge in [0.1, 0.15) is 4.34 Å². The second-order valence-electron chi connectivity index (χ2n) is 6.63. The summed E-state index contributed by atoms with van der Waals surface area (Å²) in [5.41, 5.74) is 1.60. The fourth-order valence-electron chi connectivity index (χ4n) is 3.20. The highest BCUT2D eigenvalue weighted by molar-refractivity contribution is 8.03. The Morgan fingerprint density at radius 2 is 2.00 bits per heavy atom. The number of aromatic nitrogens is 1. The largest absolute Gasteiger partial charge is 0.477 e. The van der Waals surface area contributed by atoms with Crippen LogP contribution in [-0.4, -0.2) is 36.3 Å². The fourth-order valence-corrected chi connectivity index (χ4v) is 7.73. The van der Waals surface area contributed by atoms with Crippen molar-refractivity contribution in [3.63, 3.8) is 0 Å². The molecular formula is C18H15Cl2N2O5S4+. The van der Waals surface area contributed by atoms with Crippen LogP contribution >= 0.6 is 57.6 Å². The summed E-state index contributed by atoms with van der Waals surface area (Å²) in [5.74, 6) is -1.32. The first-order valence-corrected chi connectivity index (χ1v) is 13.7. The molecule has 0 atom stereocenters. The number of carboxylic acid groups (broad SMARTS) is 1. The van der Waals surface area contributed by atoms with Crippen molar-refractivity contribution in [2.24, 2.45) is 0 Å². The van der Waals surface area contributed by atoms with Crippen LogP contribution in [-0.2, 0) is 21.5 Å². The molecule has 31 heavy (non-hydrogen) atoms. The molecule has 0 amide bonds. The van der Waals surface area contributed by atoms with Crippen LogP contribution in [0.1, 0.15) is 11.4 Å². The van der Waals surface area contributed by atoms with Crippen molar-refractivity contribution in [2.75, 3.05) is 17.2 Å². The van der Waals surface area contributed by atoms with Crippen LogP contribution in [0.5, 0.6) is 0 Å². The average Bonchev–Trinajstić information content (AvgIpc) is 3.27. The maximum atomic E-state index is 11.4. The van der Waals surface area contributed by atoms with Crippen molar-refractivity contribution in [3.05, 3.63) is 43.7 Å². The Bertz CT molecular complexity index is 1320. The van der Waals surface area contributed by atoms with Gasteiger partial charge in [-0.05, 0) is 24.6 Å². The van der Waals surface area contributed by atoms with Crippen molar-refractivity contribution in [2.45, 2.75) is 17.9 Å². The van der Waals surface area contributed by atoms with E-state index in [-0.39, 0.29) is 18.7 Å². The van der Waals surface area contributed by atoms with Gasteiger partial charge in [-0.15, -0.1) is 11.3 Å². The van der Waals surface area contributed by atoms with Crippen LogP contribution in [0.3, 0.4) is 0 Å². The van der Waals surface area contributed by atoms with Gasteiger partial charge in [0.2, 0.25) is 12.1 Å². The van der Waals surface area contributed by atoms with Gasteiger partial charge < -0.3 is 10.0 Å². The Balaban J connectivity index is 1.74. The summed E-state index contributed by atoms with van der Waals surface area (Å²) in [6.45, 7) is 0.134. The van der Waals surface area contributed by atoms with E-state index in [4.69, 9.17) is 27.8 Å². The molecular weight excluding hydrogens is 523 g/mol. The van der Waals surface area contributed by atoms with E-state index in [1.807, 2.05) is 17.0 Å². The fraction of sp³-hybridized carbons (Fsp3) is 0.222. The summed E-state index contributed by atoms with van der Waals surface area (Å²) in [6.07, 6.45) is 2.10. The minimum absolute atomic E-state index is 0.210. The van der Waals surface area contributed by atoms with Crippen molar-refractivity contribution in [1.29, 1.82) is 0 Å². The summed E-state index contributed by atoms with van der Waals surface area (Å²) in [4.78, 5) is 14.3. The quantitative estimate of drug-likeness (QED) is 0.329. The zero-order chi connectivity index (χ0) is 22.3. The monoisotopic (exact) mass is 537 g/mol. The van der Waals surface area contributed by atoms with Crippen LogP contribution < -0.4 is 9.47 Å². The molecule has 0 unspecified atom stereocenters. The lowest BCUT2D eigenvalue weighted by Gasteiger charge is -2.20. The lowest BCUT2D eigenvalue weighted by molar-refractivity contribution is -0.657. The second kappa shape index (κ2) is 8.89. The molecule has 0 fully saturated rings. The first-order chi connectivity index (χ1) is 14.6. The number of thiazole rings is 1. The summed E-state index contributed by atoms with van der Waals surface area (Å²) < 4.78 is 34.6. The van der Waals surface area contributed by atoms with Gasteiger partial charge in [-0.2, -0.15) is 13.0 Å². The number of hydrogen-bond donors (Lipinski definition) is 2. The van der Waals surface area contributed by atoms with Crippen molar-refractivity contribution < 1.29 is 27.4 Å². The van der Waals surface area contributed by atoms with Gasteiger partial charge in [0.15, 0.2) is 4.01 Å². The maximum Gasteiger partial charge on any atom is 0.370 e. The molecule has 2 N–H and O–H groups in total. The van der Waals surface area contributed by atoms with E-state index in [1.165, 1.54) is 34.4 Å². The number of carboxylic acids is 1. The number of benzene rings is 1. The number of halogens is 2. The van der Waals surface area contributed by atoms with Crippen molar-refractivity contribution >= 4 is 95.0 Å². The van der Waals surface area contributed by atoms with E-state index in [1.54, 1.807) is 22.8 Å². The Kier molecular flexibility index (Phi) is 6.55. The van der Waals surface area contributed by atoms with Crippen molar-refractivity contribution in [3.8, 4) is 0 Å². The molecule has 0 aliphatic carbocycles. The van der Waals surface area contributed by atoms with E-state index in [0.717, 1.165) is 30.1 Å². The first kappa shape index (κ1) is 22.8. The average molecular weight is 539 g/mol. The van der Waals surface area contributed by atoms with Gasteiger partial charge in [-0.1, -0.05) is 46.3 Å². The number of rotatable bonds is 7. The number of hydrogen-bond acceptors (Lipinski definition) is 7. The van der Waals surface area contributed by atoms with E-state index in [9.17, 15) is 18.3 Å². The highest BCUT2D eigenvalue weighted by atomic mass is 35.5. The molecule has 3 heterocycles. The number of thioether (sulfide) groups is 1. The van der Waals surface area contributed by atoms with Crippen LogP contribution in [0, 0.1) is 0 Å². The molecule has 7 nitrogen and oxygen atoms in total. The van der Waals surface area contributed by atoms with E-state index < -0.39 is 16.1 Å². The SMILES string of the molecule is O=C(O)C[n+]1c(C=C2Sc3ccc(Cl)cc3N2CCCS(=O)(=O)O)sc2sc(Cl)cc21. The molecule has 0 spiro atoms. The third-order valence-corrected chi connectivity index (χ3v) is 9.06. The summed E-state index contributed by atoms with van der Waals surface area (Å²) in [7, 11) is -4.07. The first-order valence-electron chi connectivity index (χ1n) is 8.86. The zero-order valence-corrected chi connectivity index (χ0v) is 20.4. The number of nitrogens with zero attached hydrogens (tertiary/aromatic N) is 2. The third kappa shape index (κ3) is 5.19. The summed E-state index contributed by atoms with van der Waals surface area (Å²) in [5, 5.41) is 11.5. The minimum atomic E-state index is -4.07. The highest BCUT2D eigenvalue weighted by Gasteiger charge is 2.29. The van der Waals surface area contributed by atoms with E-state index >= 15 is 0 Å². The Morgan fingerprint density at radius 1 is 1.23 bits per heavy atom. The molecule has 2 aromatic heterocycles. The molecule has 0 radical (unpaired) electrons. The van der Waals surface area contributed by atoms with Crippen molar-refractivity contribution in [1.82, 2.24) is 0 Å². The smallest absolute Gasteiger partial charge is 0.370 e. The van der Waals surface area contributed by atoms with Crippen LogP contribution in [0.2, 0.25) is 9.36 Å². The van der Waals surface area contributed by atoms with Gasteiger partial charge in [-0.3, -0.25) is 4.55 Å². The summed E-state index contributed by atoms with van der Waals surface area (Å²) >= 11 is 16.6. The Hall–Kier alpha value is -1.34. The lowest BCUT2D eigenvalue weighted by Crippen LogP contribution is -2.39. The molecule has 0 saturated carbocycles. The molecule has 1 aliphatic rings. The van der Waals surface area contributed by atoms with Crippen LogP contribution in [0.25, 0.3) is 15.6 Å². The maximum absolute atomic E-state index is 11.4. The van der Waals surface area contributed by atoms with Gasteiger partial charge >= 0.3 is 5.97 Å². The normalized spacial score (nSPS) is 15.2. The topological polar surface area (TPSA) is 98.8 Å². The number of carbonyl (C=O) groups is 1. The van der Waals surface area contributed by atoms with Gasteiger partial charge in [0, 0.05) is 22.5 Å². The Labute approximate surface area is 200 Å².